The lowest BCUT2D eigenvalue weighted by Crippen LogP contribution is -2.22. The highest BCUT2D eigenvalue weighted by Gasteiger charge is 2.35. The molecule has 0 aliphatic carbocycles. The molecule has 54 heavy (non-hydrogen) atoms. The van der Waals surface area contributed by atoms with Crippen LogP contribution in [0.1, 0.15) is 116 Å². The van der Waals surface area contributed by atoms with Crippen molar-refractivity contribution in [1.82, 2.24) is 0 Å². The first-order chi connectivity index (χ1) is 24.8. The Hall–Kier alpha value is -4.26. The van der Waals surface area contributed by atoms with Crippen LogP contribution < -0.4 is 18.1 Å². The van der Waals surface area contributed by atoms with Gasteiger partial charge in [-0.1, -0.05) is 95.2 Å². The molecule has 4 rings (SSSR count). The molecule has 0 aromatic heterocycles. The third-order valence-electron chi connectivity index (χ3n) is 9.26. The second-order valence-corrected chi connectivity index (χ2v) is 18.8. The molecule has 10 nitrogen and oxygen atoms in total. The average molecular weight is 777 g/mol. The van der Waals surface area contributed by atoms with Crippen molar-refractivity contribution in [1.29, 1.82) is 0 Å². The number of benzene rings is 4. The Morgan fingerprint density at radius 2 is 0.741 bits per heavy atom. The van der Waals surface area contributed by atoms with Gasteiger partial charge in [0.05, 0.1) is 9.85 Å². The Kier molecular flexibility index (Phi) is 12.5. The Bertz CT molecular complexity index is 1870. The average Bonchev–Trinajstić information content (AvgIpc) is 3.03. The highest BCUT2D eigenvalue weighted by Crippen LogP contribution is 2.54. The molecule has 2 unspecified atom stereocenters. The number of nitro benzene ring substituents is 2. The van der Waals surface area contributed by atoms with Gasteiger partial charge < -0.3 is 18.1 Å². The van der Waals surface area contributed by atoms with Crippen LogP contribution in [0.2, 0.25) is 0 Å². The lowest BCUT2D eigenvalue weighted by molar-refractivity contribution is -0.385. The van der Waals surface area contributed by atoms with Crippen molar-refractivity contribution in [2.45, 2.75) is 119 Å². The van der Waals surface area contributed by atoms with Crippen LogP contribution in [0.4, 0.5) is 11.4 Å². The molecule has 0 heterocycles. The van der Waals surface area contributed by atoms with Crippen molar-refractivity contribution in [3.05, 3.63) is 114 Å². The Morgan fingerprint density at radius 1 is 0.463 bits per heavy atom. The van der Waals surface area contributed by atoms with Gasteiger partial charge in [-0.2, -0.15) is 0 Å². The van der Waals surface area contributed by atoms with Crippen LogP contribution in [-0.2, 0) is 21.7 Å². The summed E-state index contributed by atoms with van der Waals surface area (Å²) in [5, 5.41) is 22.5. The van der Waals surface area contributed by atoms with Gasteiger partial charge in [-0.15, -0.1) is 0 Å². The maximum absolute atomic E-state index is 11.2. The minimum absolute atomic E-state index is 0.0213. The molecule has 0 bridgehead atoms. The second kappa shape index (κ2) is 15.8. The van der Waals surface area contributed by atoms with Gasteiger partial charge in [-0.3, -0.25) is 20.2 Å². The van der Waals surface area contributed by atoms with Gasteiger partial charge in [0.25, 0.3) is 29.4 Å². The van der Waals surface area contributed by atoms with Gasteiger partial charge in [-0.25, -0.2) is 0 Å². The molecule has 0 amide bonds. The summed E-state index contributed by atoms with van der Waals surface area (Å²) in [4.78, 5) is 21.6. The van der Waals surface area contributed by atoms with E-state index < -0.39 is 27.9 Å². The molecule has 0 N–H and O–H groups in total. The molecule has 290 valence electrons. The van der Waals surface area contributed by atoms with Crippen LogP contribution in [0.3, 0.4) is 0 Å². The molecule has 4 aromatic carbocycles. The van der Waals surface area contributed by atoms with Crippen molar-refractivity contribution in [2.75, 3.05) is 0 Å². The SMILES string of the molecule is Cc1c(C(C)(C)C)cc(C(C)(C)C)c(OPOc2ccc([N+](=O)[O-])cc2)c1-c1c(C)c(C(C)(C)C)cc(C(C)(C)C)c1OPOc1ccc([N+](=O)[O-])cc1. The van der Waals surface area contributed by atoms with Crippen LogP contribution in [-0.4, -0.2) is 9.85 Å². The lowest BCUT2D eigenvalue weighted by atomic mass is 9.72. The smallest absolute Gasteiger partial charge is 0.275 e. The summed E-state index contributed by atoms with van der Waals surface area (Å²) in [7, 11) is -0.923. The standard InChI is InChI=1S/C42H54N2O8P2/c1-25-31(39(3,4)5)23-33(41(9,10)11)37(51-53-49-29-19-15-27(16-20-29)43(45)46)35(25)36-26(2)32(40(6,7)8)24-34(42(12,13)14)38(36)52-54-50-30-21-17-28(18-22-30)44(47)48/h15-24,53-54H,1-14H3. The number of nitro groups is 2. The molecule has 0 aliphatic heterocycles. The van der Waals surface area contributed by atoms with Gasteiger partial charge in [0.15, 0.2) is 0 Å². The zero-order chi connectivity index (χ0) is 40.6. The Labute approximate surface area is 323 Å². The first-order valence-corrected chi connectivity index (χ1v) is 19.5. The summed E-state index contributed by atoms with van der Waals surface area (Å²) in [6.07, 6.45) is 0. The Balaban J connectivity index is 2.03. The van der Waals surface area contributed by atoms with Gasteiger partial charge in [0.1, 0.15) is 23.0 Å². The number of non-ortho nitro benzene ring substituents is 2. The summed E-state index contributed by atoms with van der Waals surface area (Å²) in [5.74, 6) is 2.25. The molecular weight excluding hydrogens is 722 g/mol. The first kappa shape index (κ1) is 42.5. The highest BCUT2D eigenvalue weighted by atomic mass is 31.1. The van der Waals surface area contributed by atoms with Gasteiger partial charge in [0.2, 0.25) is 0 Å². The number of rotatable bonds is 11. The van der Waals surface area contributed by atoms with Gasteiger partial charge in [-0.05, 0) is 82.0 Å². The van der Waals surface area contributed by atoms with Crippen LogP contribution in [0.15, 0.2) is 60.7 Å². The third-order valence-corrected chi connectivity index (χ3v) is 10.5. The largest absolute Gasteiger partial charge is 0.441 e. The van der Waals surface area contributed by atoms with E-state index in [0.29, 0.717) is 23.0 Å². The molecular formula is C42H54N2O8P2. The number of nitrogens with zero attached hydrogens (tertiary/aromatic N) is 2. The van der Waals surface area contributed by atoms with E-state index in [1.807, 2.05) is 0 Å². The maximum Gasteiger partial charge on any atom is 0.275 e. The Morgan fingerprint density at radius 3 is 0.981 bits per heavy atom. The minimum atomic E-state index is -0.461. The summed E-state index contributed by atoms with van der Waals surface area (Å²) in [5.41, 5.74) is 7.05. The van der Waals surface area contributed by atoms with Crippen molar-refractivity contribution in [3.63, 3.8) is 0 Å². The fourth-order valence-electron chi connectivity index (χ4n) is 6.49. The molecule has 4 aromatic rings. The van der Waals surface area contributed by atoms with E-state index >= 15 is 0 Å². The zero-order valence-electron chi connectivity index (χ0n) is 33.9. The molecule has 2 atom stereocenters. The summed E-state index contributed by atoms with van der Waals surface area (Å²) in [6, 6.07) is 16.4. The van der Waals surface area contributed by atoms with Crippen molar-refractivity contribution in [2.24, 2.45) is 0 Å². The fraction of sp³-hybridized carbons (Fsp3) is 0.429. The first-order valence-electron chi connectivity index (χ1n) is 17.9. The summed E-state index contributed by atoms with van der Waals surface area (Å²) < 4.78 is 25.7. The molecule has 0 spiro atoms. The van der Waals surface area contributed by atoms with Crippen LogP contribution >= 0.6 is 18.1 Å². The molecule has 0 aliphatic rings. The van der Waals surface area contributed by atoms with E-state index in [2.05, 4.69) is 109 Å². The molecule has 0 saturated carbocycles. The maximum atomic E-state index is 11.2. The topological polar surface area (TPSA) is 123 Å². The van der Waals surface area contributed by atoms with Crippen LogP contribution in [0.5, 0.6) is 23.0 Å². The molecule has 0 saturated heterocycles. The van der Waals surface area contributed by atoms with Crippen LogP contribution in [0, 0.1) is 34.1 Å². The lowest BCUT2D eigenvalue weighted by Gasteiger charge is -2.35. The van der Waals surface area contributed by atoms with E-state index in [1.165, 1.54) is 35.4 Å². The molecule has 0 radical (unpaired) electrons. The predicted molar refractivity (Wildman–Crippen MR) is 221 cm³/mol. The number of hydrogen-bond acceptors (Lipinski definition) is 8. The van der Waals surface area contributed by atoms with E-state index in [9.17, 15) is 20.2 Å². The van der Waals surface area contributed by atoms with Gasteiger partial charge >= 0.3 is 0 Å². The number of hydrogen-bond donors (Lipinski definition) is 0. The second-order valence-electron chi connectivity index (χ2n) is 17.7. The van der Waals surface area contributed by atoms with E-state index in [1.54, 1.807) is 24.3 Å². The summed E-state index contributed by atoms with van der Waals surface area (Å²) >= 11 is 0. The van der Waals surface area contributed by atoms with Gasteiger partial charge in [0, 0.05) is 46.5 Å². The predicted octanol–water partition coefficient (Wildman–Crippen LogP) is 12.9. The van der Waals surface area contributed by atoms with Crippen molar-refractivity contribution < 1.29 is 27.9 Å². The third kappa shape index (κ3) is 9.69. The summed E-state index contributed by atoms with van der Waals surface area (Å²) in [6.45, 7) is 30.5. The molecule has 0 fully saturated rings. The normalized spacial score (nSPS) is 12.8. The van der Waals surface area contributed by atoms with E-state index in [4.69, 9.17) is 18.1 Å². The monoisotopic (exact) mass is 776 g/mol. The fourth-order valence-corrected chi connectivity index (χ4v) is 7.63. The minimum Gasteiger partial charge on any atom is -0.441 e. The van der Waals surface area contributed by atoms with E-state index in [-0.39, 0.29) is 33.0 Å². The quantitative estimate of drug-likeness (QED) is 0.0838. The van der Waals surface area contributed by atoms with Crippen molar-refractivity contribution in [3.8, 4) is 34.1 Å². The highest BCUT2D eigenvalue weighted by molar-refractivity contribution is 7.27. The molecule has 12 heteroatoms. The van der Waals surface area contributed by atoms with E-state index in [0.717, 1.165) is 33.4 Å². The van der Waals surface area contributed by atoms with Crippen LogP contribution in [0.25, 0.3) is 11.1 Å². The zero-order valence-corrected chi connectivity index (χ0v) is 35.9. The van der Waals surface area contributed by atoms with Crippen molar-refractivity contribution >= 4 is 29.4 Å².